The van der Waals surface area contributed by atoms with Gasteiger partial charge in [0.2, 0.25) is 0 Å². The molecule has 4 heteroatoms. The van der Waals surface area contributed by atoms with Gasteiger partial charge in [0.25, 0.3) is 0 Å². The molecular formula is C9H14O4. The van der Waals surface area contributed by atoms with Crippen LogP contribution in [0.15, 0.2) is 0 Å². The summed E-state index contributed by atoms with van der Waals surface area (Å²) in [5.74, 6) is -2.42. The molecule has 2 aliphatic rings. The second-order valence-electron chi connectivity index (χ2n) is 4.03. The number of hydrogen-bond donors (Lipinski definition) is 2. The lowest BCUT2D eigenvalue weighted by Gasteiger charge is -2.29. The highest BCUT2D eigenvalue weighted by molar-refractivity contribution is 5.78. The van der Waals surface area contributed by atoms with Crippen molar-refractivity contribution in [2.75, 3.05) is 0 Å². The fourth-order valence-electron chi connectivity index (χ4n) is 1.99. The van der Waals surface area contributed by atoms with Crippen LogP contribution in [0.1, 0.15) is 38.5 Å². The maximum absolute atomic E-state index is 11.2. The van der Waals surface area contributed by atoms with E-state index in [1.54, 1.807) is 0 Å². The van der Waals surface area contributed by atoms with E-state index in [1.807, 2.05) is 0 Å². The zero-order valence-electron chi connectivity index (χ0n) is 7.45. The van der Waals surface area contributed by atoms with E-state index >= 15 is 0 Å². The molecule has 2 heterocycles. The van der Waals surface area contributed by atoms with Crippen molar-refractivity contribution in [2.24, 2.45) is 0 Å². The van der Waals surface area contributed by atoms with Gasteiger partial charge in [0.05, 0.1) is 0 Å². The summed E-state index contributed by atoms with van der Waals surface area (Å²) in [6.07, 6.45) is 2.19. The van der Waals surface area contributed by atoms with Crippen LogP contribution in [0.4, 0.5) is 0 Å². The van der Waals surface area contributed by atoms with E-state index in [0.29, 0.717) is 38.5 Å². The van der Waals surface area contributed by atoms with Gasteiger partial charge in [-0.2, -0.15) is 0 Å². The fourth-order valence-corrected chi connectivity index (χ4v) is 1.99. The average molecular weight is 186 g/mol. The third kappa shape index (κ3) is 1.75. The summed E-state index contributed by atoms with van der Waals surface area (Å²) in [6.45, 7) is 0. The summed E-state index contributed by atoms with van der Waals surface area (Å²) in [6, 6.07) is 0. The van der Waals surface area contributed by atoms with Crippen molar-refractivity contribution in [2.45, 2.75) is 50.1 Å². The molecule has 0 aliphatic carbocycles. The largest absolute Gasteiger partial charge is 0.365 e. The molecule has 2 aliphatic heterocycles. The van der Waals surface area contributed by atoms with Crippen LogP contribution in [-0.2, 0) is 9.53 Å². The Morgan fingerprint density at radius 1 is 1.00 bits per heavy atom. The van der Waals surface area contributed by atoms with Crippen molar-refractivity contribution >= 4 is 5.78 Å². The second-order valence-corrected chi connectivity index (χ2v) is 4.03. The Hall–Kier alpha value is -0.450. The normalized spacial score (nSPS) is 45.8. The van der Waals surface area contributed by atoms with E-state index in [4.69, 9.17) is 4.74 Å². The second kappa shape index (κ2) is 2.77. The predicted molar refractivity (Wildman–Crippen MR) is 43.7 cm³/mol. The Bertz CT molecular complexity index is 218. The van der Waals surface area contributed by atoms with Crippen LogP contribution in [0.5, 0.6) is 0 Å². The zero-order valence-corrected chi connectivity index (χ0v) is 7.45. The van der Waals surface area contributed by atoms with E-state index in [-0.39, 0.29) is 5.78 Å². The number of hydrogen-bond acceptors (Lipinski definition) is 4. The van der Waals surface area contributed by atoms with Gasteiger partial charge in [0, 0.05) is 38.5 Å². The molecule has 0 saturated carbocycles. The first kappa shape index (κ1) is 9.12. The quantitative estimate of drug-likeness (QED) is 0.571. The maximum atomic E-state index is 11.2. The lowest BCUT2D eigenvalue weighted by Crippen LogP contribution is -2.38. The number of rotatable bonds is 0. The standard InChI is InChI=1S/C9H14O4/c10-7-1-3-8(11)5-6-9(12,13-8)4-2-7/h11-12H,1-6H2/t8-,9+. The van der Waals surface area contributed by atoms with Gasteiger partial charge in [-0.3, -0.25) is 4.79 Å². The molecule has 2 bridgehead atoms. The molecule has 4 nitrogen and oxygen atoms in total. The molecule has 2 fully saturated rings. The highest BCUT2D eigenvalue weighted by Crippen LogP contribution is 2.41. The molecule has 0 radical (unpaired) electrons. The number of ketones is 1. The van der Waals surface area contributed by atoms with Crippen LogP contribution in [-0.4, -0.2) is 27.6 Å². The Morgan fingerprint density at radius 2 is 1.46 bits per heavy atom. The Balaban J connectivity index is 2.16. The smallest absolute Gasteiger partial charge is 0.169 e. The van der Waals surface area contributed by atoms with Crippen molar-refractivity contribution in [1.29, 1.82) is 0 Å². The number of fused-ring (bicyclic) bond motifs is 2. The zero-order chi connectivity index (χ0) is 9.53. The summed E-state index contributed by atoms with van der Waals surface area (Å²) in [7, 11) is 0. The van der Waals surface area contributed by atoms with Crippen LogP contribution in [0.2, 0.25) is 0 Å². The van der Waals surface area contributed by atoms with Crippen LogP contribution >= 0.6 is 0 Å². The molecule has 2 atom stereocenters. The minimum Gasteiger partial charge on any atom is -0.365 e. The molecule has 13 heavy (non-hydrogen) atoms. The van der Waals surface area contributed by atoms with Gasteiger partial charge in [-0.15, -0.1) is 0 Å². The first-order chi connectivity index (χ1) is 6.02. The summed E-state index contributed by atoms with van der Waals surface area (Å²) in [5.41, 5.74) is 0. The third-order valence-electron chi connectivity index (χ3n) is 2.88. The molecule has 0 aromatic carbocycles. The monoisotopic (exact) mass is 186 g/mol. The SMILES string of the molecule is O=C1CC[C@@]2(O)CC[C@@](O)(CC1)O2. The predicted octanol–water partition coefficient (Wildman–Crippen LogP) is 0.317. The van der Waals surface area contributed by atoms with Gasteiger partial charge in [-0.25, -0.2) is 0 Å². The molecule has 2 N–H and O–H groups in total. The summed E-state index contributed by atoms with van der Waals surface area (Å²) >= 11 is 0. The average Bonchev–Trinajstić information content (AvgIpc) is 2.38. The van der Waals surface area contributed by atoms with Crippen molar-refractivity contribution in [3.63, 3.8) is 0 Å². The molecule has 0 spiro atoms. The van der Waals surface area contributed by atoms with Gasteiger partial charge >= 0.3 is 0 Å². The molecule has 0 unspecified atom stereocenters. The molecular weight excluding hydrogens is 172 g/mol. The fraction of sp³-hybridized carbons (Fsp3) is 0.889. The van der Waals surface area contributed by atoms with E-state index in [2.05, 4.69) is 0 Å². The topological polar surface area (TPSA) is 66.8 Å². The maximum Gasteiger partial charge on any atom is 0.169 e. The molecule has 2 rings (SSSR count). The highest BCUT2D eigenvalue weighted by atomic mass is 16.7. The van der Waals surface area contributed by atoms with Crippen molar-refractivity contribution in [3.05, 3.63) is 0 Å². The van der Waals surface area contributed by atoms with E-state index in [1.165, 1.54) is 0 Å². The number of aliphatic hydroxyl groups is 2. The molecule has 0 amide bonds. The van der Waals surface area contributed by atoms with Gasteiger partial charge in [-0.1, -0.05) is 0 Å². The lowest BCUT2D eigenvalue weighted by molar-refractivity contribution is -0.295. The number of Topliss-reactive ketones (excluding diaryl/α,β-unsaturated/α-hetero) is 1. The number of carbonyl (C=O) groups is 1. The van der Waals surface area contributed by atoms with Gasteiger partial charge in [0.15, 0.2) is 11.6 Å². The van der Waals surface area contributed by atoms with E-state index in [9.17, 15) is 15.0 Å². The van der Waals surface area contributed by atoms with Crippen LogP contribution < -0.4 is 0 Å². The minimum atomic E-state index is -1.26. The molecule has 0 aromatic rings. The molecule has 0 aromatic heterocycles. The number of ether oxygens (including phenoxy) is 1. The molecule has 2 saturated heterocycles. The van der Waals surface area contributed by atoms with Gasteiger partial charge < -0.3 is 14.9 Å². The summed E-state index contributed by atoms with van der Waals surface area (Å²) in [4.78, 5) is 11.2. The Morgan fingerprint density at radius 3 is 1.92 bits per heavy atom. The first-order valence-electron chi connectivity index (χ1n) is 4.68. The van der Waals surface area contributed by atoms with Gasteiger partial charge in [0.1, 0.15) is 5.78 Å². The Kier molecular flexibility index (Phi) is 1.94. The third-order valence-corrected chi connectivity index (χ3v) is 2.88. The van der Waals surface area contributed by atoms with Gasteiger partial charge in [-0.05, 0) is 0 Å². The lowest BCUT2D eigenvalue weighted by atomic mass is 10.0. The van der Waals surface area contributed by atoms with Crippen LogP contribution in [0.3, 0.4) is 0 Å². The minimum absolute atomic E-state index is 0.0991. The van der Waals surface area contributed by atoms with Crippen LogP contribution in [0.25, 0.3) is 0 Å². The van der Waals surface area contributed by atoms with Crippen molar-refractivity contribution < 1.29 is 19.7 Å². The first-order valence-corrected chi connectivity index (χ1v) is 4.68. The number of carbonyl (C=O) groups excluding carboxylic acids is 1. The van der Waals surface area contributed by atoms with Crippen molar-refractivity contribution in [3.8, 4) is 0 Å². The van der Waals surface area contributed by atoms with E-state index < -0.39 is 11.6 Å². The highest BCUT2D eigenvalue weighted by Gasteiger charge is 2.48. The molecule has 74 valence electrons. The summed E-state index contributed by atoms with van der Waals surface area (Å²) in [5, 5.41) is 19.6. The Labute approximate surface area is 76.5 Å². The van der Waals surface area contributed by atoms with Crippen molar-refractivity contribution in [1.82, 2.24) is 0 Å². The van der Waals surface area contributed by atoms with E-state index in [0.717, 1.165) is 0 Å². The van der Waals surface area contributed by atoms with Crippen LogP contribution in [0, 0.1) is 0 Å². The summed E-state index contributed by atoms with van der Waals surface area (Å²) < 4.78 is 5.18.